The highest BCUT2D eigenvalue weighted by atomic mass is 28.3. The summed E-state index contributed by atoms with van der Waals surface area (Å²) in [5.74, 6) is 0. The van der Waals surface area contributed by atoms with Crippen molar-refractivity contribution in [3.8, 4) is 0 Å². The van der Waals surface area contributed by atoms with Crippen LogP contribution in [0.3, 0.4) is 0 Å². The van der Waals surface area contributed by atoms with E-state index in [-0.39, 0.29) is 0 Å². The van der Waals surface area contributed by atoms with E-state index in [1.54, 1.807) is 0 Å². The molecule has 0 fully saturated rings. The zero-order valence-corrected chi connectivity index (χ0v) is 17.8. The number of hydrogen-bond acceptors (Lipinski definition) is 2. The van der Waals surface area contributed by atoms with Gasteiger partial charge in [0.2, 0.25) is 0 Å². The smallest absolute Gasteiger partial charge is 0.517 e. The third-order valence-corrected chi connectivity index (χ3v) is 5.73. The van der Waals surface area contributed by atoms with E-state index < -0.39 is 9.28 Å². The molecule has 0 aliphatic carbocycles. The van der Waals surface area contributed by atoms with Gasteiger partial charge in [0, 0.05) is 6.04 Å². The van der Waals surface area contributed by atoms with Crippen LogP contribution in [0, 0.1) is 0 Å². The molecule has 1 rings (SSSR count). The normalized spacial score (nSPS) is 11.7. The third kappa shape index (κ3) is 12.8. The molecule has 1 aromatic carbocycles. The maximum Gasteiger partial charge on any atom is 0.536 e. The van der Waals surface area contributed by atoms with E-state index in [2.05, 4.69) is 50.3 Å². The molecule has 0 amide bonds. The minimum Gasteiger partial charge on any atom is -0.517 e. The second-order valence-corrected chi connectivity index (χ2v) is 8.28. The van der Waals surface area contributed by atoms with E-state index in [0.717, 1.165) is 18.9 Å². The second kappa shape index (κ2) is 17.0. The minimum atomic E-state index is -1.36. The molecule has 1 aromatic rings. The summed E-state index contributed by atoms with van der Waals surface area (Å²) in [6.07, 6.45) is 20.5. The molecule has 0 saturated heterocycles. The van der Waals surface area contributed by atoms with Crippen LogP contribution in [-0.4, -0.2) is 9.28 Å². The maximum absolute atomic E-state index is 5.95. The van der Waals surface area contributed by atoms with Gasteiger partial charge in [0.1, 0.15) is 0 Å². The first-order chi connectivity index (χ1) is 12.9. The summed E-state index contributed by atoms with van der Waals surface area (Å²) >= 11 is 0. The Morgan fingerprint density at radius 1 is 0.731 bits per heavy atom. The van der Waals surface area contributed by atoms with Gasteiger partial charge in [-0.05, 0) is 31.2 Å². The van der Waals surface area contributed by atoms with Crippen molar-refractivity contribution in [1.29, 1.82) is 0 Å². The molecule has 0 N–H and O–H groups in total. The van der Waals surface area contributed by atoms with Gasteiger partial charge in [0.25, 0.3) is 0 Å². The topological polar surface area (TPSA) is 18.5 Å². The van der Waals surface area contributed by atoms with E-state index in [1.807, 2.05) is 18.6 Å². The molecule has 0 heterocycles. The molecular weight excluding hydrogens is 336 g/mol. The van der Waals surface area contributed by atoms with Crippen LogP contribution in [-0.2, 0) is 14.9 Å². The average molecular weight is 374 g/mol. The Morgan fingerprint density at radius 2 is 1.27 bits per heavy atom. The fourth-order valence-electron chi connectivity index (χ4n) is 2.64. The summed E-state index contributed by atoms with van der Waals surface area (Å²) < 4.78 is 11.9. The van der Waals surface area contributed by atoms with Crippen LogP contribution in [0.2, 0.25) is 0 Å². The van der Waals surface area contributed by atoms with Crippen LogP contribution in [0.1, 0.15) is 83.6 Å². The van der Waals surface area contributed by atoms with E-state index >= 15 is 0 Å². The molecule has 0 aliphatic heterocycles. The van der Waals surface area contributed by atoms with Crippen molar-refractivity contribution in [2.75, 3.05) is 0 Å². The van der Waals surface area contributed by atoms with Gasteiger partial charge in [0.15, 0.2) is 0 Å². The van der Waals surface area contributed by atoms with E-state index in [9.17, 15) is 0 Å². The van der Waals surface area contributed by atoms with Gasteiger partial charge in [-0.3, -0.25) is 0 Å². The summed E-state index contributed by atoms with van der Waals surface area (Å²) in [6.45, 7) is 4.48. The highest BCUT2D eigenvalue weighted by molar-refractivity contribution is 6.44. The van der Waals surface area contributed by atoms with Crippen LogP contribution in [0.25, 0.3) is 0 Å². The largest absolute Gasteiger partial charge is 0.536 e. The van der Waals surface area contributed by atoms with Crippen molar-refractivity contribution in [2.45, 2.75) is 84.1 Å². The molecule has 0 saturated carbocycles. The summed E-state index contributed by atoms with van der Waals surface area (Å²) in [7, 11) is -1.36. The van der Waals surface area contributed by atoms with Gasteiger partial charge in [-0.1, -0.05) is 94.9 Å². The summed E-state index contributed by atoms with van der Waals surface area (Å²) in [5.41, 5.74) is 1.27. The number of allylic oxidation sites excluding steroid dienone is 2. The molecule has 1 radical (unpaired) electrons. The van der Waals surface area contributed by atoms with Crippen molar-refractivity contribution in [2.24, 2.45) is 0 Å². The lowest BCUT2D eigenvalue weighted by Gasteiger charge is -2.12. The summed E-state index contributed by atoms with van der Waals surface area (Å²) in [6, 6.07) is 11.3. The zero-order chi connectivity index (χ0) is 18.7. The highest BCUT2D eigenvalue weighted by Gasteiger charge is 2.17. The van der Waals surface area contributed by atoms with Crippen molar-refractivity contribution in [3.05, 3.63) is 60.6 Å². The lowest BCUT2D eigenvalue weighted by Crippen LogP contribution is -2.21. The van der Waals surface area contributed by atoms with E-state index in [0.29, 0.717) is 0 Å². The van der Waals surface area contributed by atoms with Crippen molar-refractivity contribution < 1.29 is 8.85 Å². The summed E-state index contributed by atoms with van der Waals surface area (Å²) in [4.78, 5) is 0. The minimum absolute atomic E-state index is 0.853. The third-order valence-electron chi connectivity index (χ3n) is 4.23. The Hall–Kier alpha value is -1.48. The maximum atomic E-state index is 5.95. The number of rotatable bonds is 16. The SMILES string of the molecule is CCCCCCC=CO[Si](Cc1ccccc1)OC=CCCCCCC. The first-order valence-corrected chi connectivity index (χ1v) is 11.9. The molecule has 2 nitrogen and oxygen atoms in total. The first kappa shape index (κ1) is 22.6. The standard InChI is InChI=1S/C23H37O2Si/c1-3-5-7-9-11-16-20-24-26(22-23-18-14-13-15-19-23)25-21-17-12-10-8-6-4-2/h13-21H,3-12,22H2,1-2H3. The quantitative estimate of drug-likeness (QED) is 0.172. The Bertz CT molecular complexity index is 446. The van der Waals surface area contributed by atoms with Crippen molar-refractivity contribution >= 4 is 9.28 Å². The number of hydrogen-bond donors (Lipinski definition) is 0. The number of unbranched alkanes of at least 4 members (excludes halogenated alkanes) is 8. The van der Waals surface area contributed by atoms with Crippen molar-refractivity contribution in [1.82, 2.24) is 0 Å². The average Bonchev–Trinajstić information content (AvgIpc) is 2.67. The Balaban J connectivity index is 2.35. The predicted octanol–water partition coefficient (Wildman–Crippen LogP) is 7.26. The molecular formula is C23H37O2Si. The van der Waals surface area contributed by atoms with Crippen LogP contribution in [0.4, 0.5) is 0 Å². The predicted molar refractivity (Wildman–Crippen MR) is 114 cm³/mol. The van der Waals surface area contributed by atoms with Gasteiger partial charge in [-0.15, -0.1) is 0 Å². The van der Waals surface area contributed by atoms with E-state index in [4.69, 9.17) is 8.85 Å². The van der Waals surface area contributed by atoms with Gasteiger partial charge < -0.3 is 8.85 Å². The number of benzene rings is 1. The molecule has 145 valence electrons. The molecule has 0 bridgehead atoms. The highest BCUT2D eigenvalue weighted by Crippen LogP contribution is 2.08. The van der Waals surface area contributed by atoms with Gasteiger partial charge >= 0.3 is 9.28 Å². The first-order valence-electron chi connectivity index (χ1n) is 10.4. The second-order valence-electron chi connectivity index (χ2n) is 6.71. The van der Waals surface area contributed by atoms with Crippen LogP contribution in [0.5, 0.6) is 0 Å². The lowest BCUT2D eigenvalue weighted by molar-refractivity contribution is 0.338. The Labute approximate surface area is 163 Å². The molecule has 0 aliphatic rings. The van der Waals surface area contributed by atoms with Crippen LogP contribution in [0.15, 0.2) is 55.0 Å². The van der Waals surface area contributed by atoms with Gasteiger partial charge in [-0.2, -0.15) is 0 Å². The van der Waals surface area contributed by atoms with Gasteiger partial charge in [-0.25, -0.2) is 0 Å². The monoisotopic (exact) mass is 373 g/mol. The zero-order valence-electron chi connectivity index (χ0n) is 16.8. The molecule has 0 spiro atoms. The Morgan fingerprint density at radius 3 is 1.77 bits per heavy atom. The van der Waals surface area contributed by atoms with E-state index in [1.165, 1.54) is 56.9 Å². The lowest BCUT2D eigenvalue weighted by atomic mass is 10.2. The molecule has 0 atom stereocenters. The van der Waals surface area contributed by atoms with Gasteiger partial charge in [0.05, 0.1) is 12.5 Å². The summed E-state index contributed by atoms with van der Waals surface area (Å²) in [5, 5.41) is 0. The fourth-order valence-corrected chi connectivity index (χ4v) is 3.92. The molecule has 3 heteroatoms. The van der Waals surface area contributed by atoms with Crippen LogP contribution < -0.4 is 0 Å². The molecule has 0 aromatic heterocycles. The fraction of sp³-hybridized carbons (Fsp3) is 0.565. The molecule has 26 heavy (non-hydrogen) atoms. The van der Waals surface area contributed by atoms with Crippen molar-refractivity contribution in [3.63, 3.8) is 0 Å². The Kier molecular flexibility index (Phi) is 14.7. The van der Waals surface area contributed by atoms with Crippen LogP contribution >= 0.6 is 0 Å². The molecule has 0 unspecified atom stereocenters.